The van der Waals surface area contributed by atoms with E-state index in [2.05, 4.69) is 193 Å². The Kier molecular flexibility index (Phi) is 7.18. The summed E-state index contributed by atoms with van der Waals surface area (Å²) in [6.07, 6.45) is 0. The van der Waals surface area contributed by atoms with Crippen LogP contribution in [-0.4, -0.2) is 0 Å². The monoisotopic (exact) mass is 663 g/mol. The molecule has 0 amide bonds. The number of hydrogen-bond acceptors (Lipinski definition) is 2. The molecule has 0 unspecified atom stereocenters. The minimum absolute atomic E-state index is 0.906. The second kappa shape index (κ2) is 12.5. The molecule has 0 saturated heterocycles. The van der Waals surface area contributed by atoms with Crippen LogP contribution in [-0.2, 0) is 0 Å². The predicted octanol–water partition coefficient (Wildman–Crippen LogP) is 14.4. The van der Waals surface area contributed by atoms with Crippen LogP contribution in [0, 0.1) is 0 Å². The highest BCUT2D eigenvalue weighted by Crippen LogP contribution is 2.41. The van der Waals surface area contributed by atoms with Crippen LogP contribution < -0.4 is 4.90 Å². The van der Waals surface area contributed by atoms with E-state index < -0.39 is 0 Å². The average molecular weight is 664 g/mol. The standard InChI is InChI=1S/C50H33NO/c1-2-16-39(17-3-1)51(41-18-9-15-38(33-41)44-22-11-24-48-47-20-6-7-25-49(47)52-50(44)48)40-29-26-34(27-30-40)36-13-8-14-37(32-36)43-21-10-23-45-42-19-5-4-12-35(42)28-31-46(43)45/h1-33H. The fourth-order valence-electron chi connectivity index (χ4n) is 7.77. The molecule has 2 nitrogen and oxygen atoms in total. The van der Waals surface area contributed by atoms with Gasteiger partial charge in [-0.25, -0.2) is 0 Å². The summed E-state index contributed by atoms with van der Waals surface area (Å²) < 4.78 is 6.42. The molecule has 1 aromatic heterocycles. The summed E-state index contributed by atoms with van der Waals surface area (Å²) in [5.41, 5.74) is 12.1. The molecule has 0 fully saturated rings. The van der Waals surface area contributed by atoms with Crippen LogP contribution in [0.3, 0.4) is 0 Å². The van der Waals surface area contributed by atoms with Crippen molar-refractivity contribution < 1.29 is 4.42 Å². The van der Waals surface area contributed by atoms with Crippen LogP contribution in [0.4, 0.5) is 17.1 Å². The molecule has 0 spiro atoms. The van der Waals surface area contributed by atoms with E-state index in [-0.39, 0.29) is 0 Å². The molecule has 52 heavy (non-hydrogen) atoms. The number of fused-ring (bicyclic) bond motifs is 6. The van der Waals surface area contributed by atoms with E-state index in [1.54, 1.807) is 0 Å². The van der Waals surface area contributed by atoms with Crippen LogP contribution in [0.25, 0.3) is 76.9 Å². The van der Waals surface area contributed by atoms with Crippen molar-refractivity contribution in [2.75, 3.05) is 4.90 Å². The van der Waals surface area contributed by atoms with Gasteiger partial charge in [0.25, 0.3) is 0 Å². The van der Waals surface area contributed by atoms with Gasteiger partial charge >= 0.3 is 0 Å². The molecule has 2 heteroatoms. The van der Waals surface area contributed by atoms with Gasteiger partial charge < -0.3 is 9.32 Å². The molecule has 10 rings (SSSR count). The summed E-state index contributed by atoms with van der Waals surface area (Å²) in [7, 11) is 0. The van der Waals surface area contributed by atoms with Crippen molar-refractivity contribution in [3.05, 3.63) is 200 Å². The third kappa shape index (κ3) is 5.12. The average Bonchev–Trinajstić information content (AvgIpc) is 3.61. The molecule has 0 atom stereocenters. The Hall–Kier alpha value is -6.90. The van der Waals surface area contributed by atoms with Crippen LogP contribution in [0.15, 0.2) is 205 Å². The maximum Gasteiger partial charge on any atom is 0.143 e. The van der Waals surface area contributed by atoms with Crippen molar-refractivity contribution in [1.29, 1.82) is 0 Å². The van der Waals surface area contributed by atoms with Crippen LogP contribution in [0.1, 0.15) is 0 Å². The first kappa shape index (κ1) is 30.0. The van der Waals surface area contributed by atoms with Crippen molar-refractivity contribution in [2.24, 2.45) is 0 Å². The zero-order valence-corrected chi connectivity index (χ0v) is 28.4. The summed E-state index contributed by atoms with van der Waals surface area (Å²) in [6.45, 7) is 0. The van der Waals surface area contributed by atoms with Gasteiger partial charge in [0.2, 0.25) is 0 Å². The number of para-hydroxylation sites is 3. The number of furan rings is 1. The second-order valence-corrected chi connectivity index (χ2v) is 13.3. The van der Waals surface area contributed by atoms with E-state index in [0.717, 1.165) is 50.1 Å². The Morgan fingerprint density at radius 1 is 0.308 bits per heavy atom. The van der Waals surface area contributed by atoms with E-state index in [9.17, 15) is 0 Å². The highest BCUT2D eigenvalue weighted by atomic mass is 16.3. The molecular weight excluding hydrogens is 631 g/mol. The van der Waals surface area contributed by atoms with Gasteiger partial charge in [-0.2, -0.15) is 0 Å². The van der Waals surface area contributed by atoms with E-state index in [0.29, 0.717) is 0 Å². The van der Waals surface area contributed by atoms with Crippen molar-refractivity contribution in [3.63, 3.8) is 0 Å². The Labute approximate surface area is 302 Å². The minimum Gasteiger partial charge on any atom is -0.455 e. The largest absolute Gasteiger partial charge is 0.455 e. The minimum atomic E-state index is 0.906. The molecule has 0 radical (unpaired) electrons. The number of rotatable bonds is 6. The summed E-state index contributed by atoms with van der Waals surface area (Å²) >= 11 is 0. The SMILES string of the molecule is c1ccc(N(c2ccc(-c3cccc(-c4cccc5c4ccc4ccccc45)c3)cc2)c2cccc(-c3cccc4c3oc3ccccc34)c2)cc1. The quantitative estimate of drug-likeness (QED) is 0.165. The highest BCUT2D eigenvalue weighted by molar-refractivity contribution is 6.12. The van der Waals surface area contributed by atoms with Gasteiger partial charge in [0, 0.05) is 33.4 Å². The van der Waals surface area contributed by atoms with Crippen molar-refractivity contribution >= 4 is 60.5 Å². The third-order valence-corrected chi connectivity index (χ3v) is 10.3. The summed E-state index contributed by atoms with van der Waals surface area (Å²) in [4.78, 5) is 2.32. The maximum atomic E-state index is 6.42. The molecule has 0 saturated carbocycles. The molecule has 0 bridgehead atoms. The number of anilines is 3. The zero-order chi connectivity index (χ0) is 34.4. The van der Waals surface area contributed by atoms with Crippen LogP contribution in [0.5, 0.6) is 0 Å². The first-order chi connectivity index (χ1) is 25.8. The fraction of sp³-hybridized carbons (Fsp3) is 0. The zero-order valence-electron chi connectivity index (χ0n) is 28.4. The van der Waals surface area contributed by atoms with E-state index >= 15 is 0 Å². The number of nitrogens with zero attached hydrogens (tertiary/aromatic N) is 1. The van der Waals surface area contributed by atoms with E-state index in [1.165, 1.54) is 43.8 Å². The van der Waals surface area contributed by atoms with Crippen molar-refractivity contribution in [3.8, 4) is 33.4 Å². The van der Waals surface area contributed by atoms with Gasteiger partial charge in [0.05, 0.1) is 0 Å². The molecular formula is C50H33NO. The molecule has 10 aromatic rings. The van der Waals surface area contributed by atoms with Crippen molar-refractivity contribution in [1.82, 2.24) is 0 Å². The van der Waals surface area contributed by atoms with Crippen LogP contribution >= 0.6 is 0 Å². The molecule has 9 aromatic carbocycles. The lowest BCUT2D eigenvalue weighted by molar-refractivity contribution is 0.670. The smallest absolute Gasteiger partial charge is 0.143 e. The topological polar surface area (TPSA) is 16.4 Å². The Balaban J connectivity index is 1.03. The molecule has 0 N–H and O–H groups in total. The molecule has 0 aliphatic carbocycles. The van der Waals surface area contributed by atoms with Gasteiger partial charge in [-0.3, -0.25) is 0 Å². The predicted molar refractivity (Wildman–Crippen MR) is 220 cm³/mol. The first-order valence-electron chi connectivity index (χ1n) is 17.8. The van der Waals surface area contributed by atoms with Gasteiger partial charge in [-0.1, -0.05) is 152 Å². The molecule has 1 heterocycles. The lowest BCUT2D eigenvalue weighted by Gasteiger charge is -2.26. The maximum absolute atomic E-state index is 6.42. The van der Waals surface area contributed by atoms with Gasteiger partial charge in [-0.15, -0.1) is 0 Å². The normalized spacial score (nSPS) is 11.5. The lowest BCUT2D eigenvalue weighted by Crippen LogP contribution is -2.09. The summed E-state index contributed by atoms with van der Waals surface area (Å²) in [5, 5.41) is 7.37. The fourth-order valence-corrected chi connectivity index (χ4v) is 7.77. The van der Waals surface area contributed by atoms with E-state index in [1.807, 2.05) is 12.1 Å². The van der Waals surface area contributed by atoms with Gasteiger partial charge in [-0.05, 0) is 97.9 Å². The molecule has 0 aliphatic heterocycles. The lowest BCUT2D eigenvalue weighted by atomic mass is 9.93. The van der Waals surface area contributed by atoms with E-state index in [4.69, 9.17) is 4.42 Å². The van der Waals surface area contributed by atoms with Gasteiger partial charge in [0.1, 0.15) is 11.2 Å². The number of hydrogen-bond donors (Lipinski definition) is 0. The molecule has 0 aliphatic rings. The highest BCUT2D eigenvalue weighted by Gasteiger charge is 2.16. The Morgan fingerprint density at radius 3 is 1.79 bits per heavy atom. The van der Waals surface area contributed by atoms with Gasteiger partial charge in [0.15, 0.2) is 0 Å². The first-order valence-corrected chi connectivity index (χ1v) is 17.8. The summed E-state index contributed by atoms with van der Waals surface area (Å²) in [5.74, 6) is 0. The summed E-state index contributed by atoms with van der Waals surface area (Å²) in [6, 6.07) is 71.6. The molecule has 244 valence electrons. The van der Waals surface area contributed by atoms with Crippen molar-refractivity contribution in [2.45, 2.75) is 0 Å². The Bertz CT molecular complexity index is 2900. The third-order valence-electron chi connectivity index (χ3n) is 10.3. The van der Waals surface area contributed by atoms with Crippen LogP contribution in [0.2, 0.25) is 0 Å². The Morgan fingerprint density at radius 2 is 0.923 bits per heavy atom. The second-order valence-electron chi connectivity index (χ2n) is 13.3. The number of benzene rings is 9.